The van der Waals surface area contributed by atoms with Crippen LogP contribution in [0.5, 0.6) is 0 Å². The van der Waals surface area contributed by atoms with Gasteiger partial charge in [-0.15, -0.1) is 0 Å². The Morgan fingerprint density at radius 1 is 1.29 bits per heavy atom. The molecular formula is C21H25N3O4. The zero-order chi connectivity index (χ0) is 19.5. The second-order valence-electron chi connectivity index (χ2n) is 9.20. The number of carbonyl (C=O) groups excluding carboxylic acids is 1. The monoisotopic (exact) mass is 383 g/mol. The summed E-state index contributed by atoms with van der Waals surface area (Å²) in [7, 11) is 0. The summed E-state index contributed by atoms with van der Waals surface area (Å²) in [6, 6.07) is 4.84. The number of rotatable bonds is 2. The molecule has 1 N–H and O–H groups in total. The molecule has 0 radical (unpaired) electrons. The van der Waals surface area contributed by atoms with E-state index in [-0.39, 0.29) is 35.6 Å². The van der Waals surface area contributed by atoms with E-state index in [0.717, 1.165) is 32.1 Å². The van der Waals surface area contributed by atoms with Gasteiger partial charge in [0, 0.05) is 25.4 Å². The van der Waals surface area contributed by atoms with Gasteiger partial charge in [-0.3, -0.25) is 4.79 Å². The molecule has 1 saturated heterocycles. The Bertz CT molecular complexity index is 888. The molecule has 1 aromatic rings. The van der Waals surface area contributed by atoms with Crippen LogP contribution in [-0.2, 0) is 4.74 Å². The number of carbonyl (C=O) groups is 1. The highest BCUT2D eigenvalue weighted by Gasteiger charge is 2.56. The van der Waals surface area contributed by atoms with Crippen LogP contribution in [0.2, 0.25) is 0 Å². The minimum Gasteiger partial charge on any atom is -0.446 e. The molecule has 5 aliphatic rings. The van der Waals surface area contributed by atoms with Crippen LogP contribution in [0.4, 0.5) is 4.79 Å². The van der Waals surface area contributed by atoms with Crippen molar-refractivity contribution in [2.45, 2.75) is 56.3 Å². The Hall–Kier alpha value is -2.33. The summed E-state index contributed by atoms with van der Waals surface area (Å²) in [6.45, 7) is 1.00. The number of aliphatic hydroxyl groups is 1. The van der Waals surface area contributed by atoms with Gasteiger partial charge in [0.25, 0.3) is 5.56 Å². The summed E-state index contributed by atoms with van der Waals surface area (Å²) in [6.07, 6.45) is 6.48. The molecule has 5 fully saturated rings. The molecule has 4 bridgehead atoms. The number of hydrogen-bond donors (Lipinski definition) is 1. The zero-order valence-corrected chi connectivity index (χ0v) is 15.8. The third kappa shape index (κ3) is 2.91. The summed E-state index contributed by atoms with van der Waals surface area (Å²) in [5, 5.41) is 19.6. The first kappa shape index (κ1) is 17.7. The van der Waals surface area contributed by atoms with Crippen molar-refractivity contribution in [3.63, 3.8) is 0 Å². The Balaban J connectivity index is 1.24. The van der Waals surface area contributed by atoms with Gasteiger partial charge in [0.1, 0.15) is 6.10 Å². The molecule has 4 aliphatic carbocycles. The van der Waals surface area contributed by atoms with E-state index in [9.17, 15) is 14.7 Å². The van der Waals surface area contributed by atoms with Gasteiger partial charge in [-0.1, -0.05) is 0 Å². The number of ether oxygens (including phenoxy) is 1. The lowest BCUT2D eigenvalue weighted by Crippen LogP contribution is -2.58. The largest absolute Gasteiger partial charge is 0.446 e. The van der Waals surface area contributed by atoms with Crippen molar-refractivity contribution in [3.8, 4) is 6.07 Å². The predicted octanol–water partition coefficient (Wildman–Crippen LogP) is 2.04. The summed E-state index contributed by atoms with van der Waals surface area (Å²) < 4.78 is 7.56. The number of likely N-dealkylation sites (tertiary alicyclic amines) is 1. The SMILES string of the molecule is N#Cc1ccn(C2CCN(C(=O)OC3C4CC5CC3CC(O)(C5)C4)C2)c(=O)c1. The van der Waals surface area contributed by atoms with Crippen LogP contribution in [0.1, 0.15) is 50.1 Å². The summed E-state index contributed by atoms with van der Waals surface area (Å²) in [4.78, 5) is 26.7. The summed E-state index contributed by atoms with van der Waals surface area (Å²) in [5.74, 6) is 1.14. The highest BCUT2D eigenvalue weighted by Crippen LogP contribution is 2.56. The molecule has 1 aliphatic heterocycles. The van der Waals surface area contributed by atoms with Gasteiger partial charge in [-0.05, 0) is 62.3 Å². The summed E-state index contributed by atoms with van der Waals surface area (Å²) >= 11 is 0. The zero-order valence-electron chi connectivity index (χ0n) is 15.8. The van der Waals surface area contributed by atoms with Crippen molar-refractivity contribution < 1.29 is 14.6 Å². The second-order valence-corrected chi connectivity index (χ2v) is 9.20. The van der Waals surface area contributed by atoms with E-state index in [1.54, 1.807) is 21.7 Å². The first-order chi connectivity index (χ1) is 13.4. The molecule has 4 saturated carbocycles. The van der Waals surface area contributed by atoms with E-state index in [1.807, 2.05) is 6.07 Å². The molecular weight excluding hydrogens is 358 g/mol. The van der Waals surface area contributed by atoms with E-state index < -0.39 is 5.60 Å². The molecule has 148 valence electrons. The number of nitrogens with zero attached hydrogens (tertiary/aromatic N) is 3. The van der Waals surface area contributed by atoms with Crippen molar-refractivity contribution in [2.24, 2.45) is 17.8 Å². The average molecular weight is 383 g/mol. The maximum atomic E-state index is 12.8. The van der Waals surface area contributed by atoms with Crippen molar-refractivity contribution in [3.05, 3.63) is 34.2 Å². The quantitative estimate of drug-likeness (QED) is 0.843. The lowest BCUT2D eigenvalue weighted by molar-refractivity contribution is -0.177. The number of nitriles is 1. The standard InChI is InChI=1S/C21H25N3O4/c22-11-13-1-4-24(18(25)7-13)17-2-3-23(12-17)20(26)28-19-15-5-14-6-16(19)10-21(27,8-14)9-15/h1,4,7,14-17,19,27H,2-3,5-6,8-10,12H2. The third-order valence-corrected chi connectivity index (χ3v) is 7.28. The Morgan fingerprint density at radius 3 is 2.68 bits per heavy atom. The maximum absolute atomic E-state index is 12.8. The number of pyridine rings is 1. The van der Waals surface area contributed by atoms with Crippen LogP contribution in [0.15, 0.2) is 23.1 Å². The highest BCUT2D eigenvalue weighted by molar-refractivity contribution is 5.68. The number of amides is 1. The minimum absolute atomic E-state index is 0.0824. The number of aromatic nitrogens is 1. The van der Waals surface area contributed by atoms with E-state index in [4.69, 9.17) is 10.00 Å². The van der Waals surface area contributed by atoms with Gasteiger partial charge in [0.05, 0.1) is 23.3 Å². The average Bonchev–Trinajstić information content (AvgIpc) is 3.13. The van der Waals surface area contributed by atoms with Gasteiger partial charge >= 0.3 is 6.09 Å². The van der Waals surface area contributed by atoms with Gasteiger partial charge in [0.15, 0.2) is 0 Å². The first-order valence-corrected chi connectivity index (χ1v) is 10.2. The molecule has 1 aromatic heterocycles. The molecule has 6 rings (SSSR count). The van der Waals surface area contributed by atoms with Crippen molar-refractivity contribution in [1.29, 1.82) is 5.26 Å². The molecule has 2 heterocycles. The van der Waals surface area contributed by atoms with Crippen LogP contribution < -0.4 is 5.56 Å². The van der Waals surface area contributed by atoms with Crippen molar-refractivity contribution >= 4 is 6.09 Å². The fraction of sp³-hybridized carbons (Fsp3) is 0.667. The van der Waals surface area contributed by atoms with E-state index >= 15 is 0 Å². The second kappa shape index (κ2) is 6.35. The van der Waals surface area contributed by atoms with Crippen molar-refractivity contribution in [1.82, 2.24) is 9.47 Å². The Morgan fingerprint density at radius 2 is 2.04 bits per heavy atom. The molecule has 0 spiro atoms. The maximum Gasteiger partial charge on any atom is 0.410 e. The lowest BCUT2D eigenvalue weighted by Gasteiger charge is -2.57. The van der Waals surface area contributed by atoms with Crippen LogP contribution >= 0.6 is 0 Å². The molecule has 0 aromatic carbocycles. The van der Waals surface area contributed by atoms with Gasteiger partial charge in [-0.2, -0.15) is 5.26 Å². The third-order valence-electron chi connectivity index (χ3n) is 7.28. The minimum atomic E-state index is -0.533. The predicted molar refractivity (Wildman–Crippen MR) is 99.4 cm³/mol. The van der Waals surface area contributed by atoms with Gasteiger partial charge in [0.2, 0.25) is 0 Å². The normalized spacial score (nSPS) is 38.4. The van der Waals surface area contributed by atoms with Crippen LogP contribution in [-0.4, -0.2) is 45.5 Å². The van der Waals surface area contributed by atoms with Crippen LogP contribution in [0, 0.1) is 29.1 Å². The first-order valence-electron chi connectivity index (χ1n) is 10.2. The topological polar surface area (TPSA) is 95.6 Å². The lowest BCUT2D eigenvalue weighted by atomic mass is 9.53. The van der Waals surface area contributed by atoms with E-state index in [0.29, 0.717) is 31.0 Å². The molecule has 7 nitrogen and oxygen atoms in total. The van der Waals surface area contributed by atoms with E-state index in [2.05, 4.69) is 0 Å². The molecule has 3 atom stereocenters. The van der Waals surface area contributed by atoms with E-state index in [1.165, 1.54) is 6.07 Å². The smallest absolute Gasteiger partial charge is 0.410 e. The molecule has 1 amide bonds. The fourth-order valence-corrected chi connectivity index (χ4v) is 6.31. The summed E-state index contributed by atoms with van der Waals surface area (Å²) in [5.41, 5.74) is -0.401. The molecule has 28 heavy (non-hydrogen) atoms. The Labute approximate surface area is 163 Å². The van der Waals surface area contributed by atoms with Crippen LogP contribution in [0.3, 0.4) is 0 Å². The number of hydrogen-bond acceptors (Lipinski definition) is 5. The van der Waals surface area contributed by atoms with Crippen molar-refractivity contribution in [2.75, 3.05) is 13.1 Å². The van der Waals surface area contributed by atoms with Gasteiger partial charge in [-0.25, -0.2) is 4.79 Å². The molecule has 7 heteroatoms. The Kier molecular flexibility index (Phi) is 4.02. The highest BCUT2D eigenvalue weighted by atomic mass is 16.6. The fourth-order valence-electron chi connectivity index (χ4n) is 6.31. The molecule has 3 unspecified atom stereocenters. The van der Waals surface area contributed by atoms with Crippen LogP contribution in [0.25, 0.3) is 0 Å². The van der Waals surface area contributed by atoms with Gasteiger partial charge < -0.3 is 19.3 Å².